The van der Waals surface area contributed by atoms with E-state index in [1.54, 1.807) is 7.11 Å². The Labute approximate surface area is 97.3 Å². The van der Waals surface area contributed by atoms with Crippen LogP contribution in [0.15, 0.2) is 12.1 Å². The summed E-state index contributed by atoms with van der Waals surface area (Å²) >= 11 is 0. The summed E-state index contributed by atoms with van der Waals surface area (Å²) in [5.41, 5.74) is 3.28. The third-order valence-electron chi connectivity index (χ3n) is 3.40. The Morgan fingerprint density at radius 1 is 1.31 bits per heavy atom. The molecule has 2 rings (SSSR count). The molecule has 1 fully saturated rings. The molecule has 1 atom stereocenters. The molecule has 0 radical (unpaired) electrons. The zero-order valence-electron chi connectivity index (χ0n) is 10.3. The van der Waals surface area contributed by atoms with Gasteiger partial charge in [0.2, 0.25) is 0 Å². The van der Waals surface area contributed by atoms with Crippen LogP contribution < -0.4 is 4.74 Å². The minimum Gasteiger partial charge on any atom is -0.496 e. The van der Waals surface area contributed by atoms with Gasteiger partial charge in [0, 0.05) is 0 Å². The van der Waals surface area contributed by atoms with E-state index >= 15 is 0 Å². The SMILES string of the molecule is COc1cc(C)c(C(O)CC2CC2)cc1C. The Balaban J connectivity index is 2.21. The lowest BCUT2D eigenvalue weighted by molar-refractivity contribution is 0.159. The fourth-order valence-electron chi connectivity index (χ4n) is 2.19. The predicted molar refractivity (Wildman–Crippen MR) is 64.8 cm³/mol. The third-order valence-corrected chi connectivity index (χ3v) is 3.40. The number of methoxy groups -OCH3 is 1. The van der Waals surface area contributed by atoms with E-state index in [4.69, 9.17) is 4.74 Å². The Morgan fingerprint density at radius 2 is 2.00 bits per heavy atom. The molecule has 2 heteroatoms. The van der Waals surface area contributed by atoms with Crippen molar-refractivity contribution >= 4 is 0 Å². The van der Waals surface area contributed by atoms with Crippen LogP contribution in [0.4, 0.5) is 0 Å². The maximum absolute atomic E-state index is 10.2. The van der Waals surface area contributed by atoms with Gasteiger partial charge in [0.1, 0.15) is 5.75 Å². The van der Waals surface area contributed by atoms with Crippen LogP contribution in [0.5, 0.6) is 5.75 Å². The summed E-state index contributed by atoms with van der Waals surface area (Å²) in [6, 6.07) is 4.07. The van der Waals surface area contributed by atoms with Gasteiger partial charge >= 0.3 is 0 Å². The van der Waals surface area contributed by atoms with Gasteiger partial charge in [0.05, 0.1) is 13.2 Å². The lowest BCUT2D eigenvalue weighted by Gasteiger charge is -2.16. The van der Waals surface area contributed by atoms with E-state index in [0.29, 0.717) is 0 Å². The van der Waals surface area contributed by atoms with Crippen LogP contribution in [-0.4, -0.2) is 12.2 Å². The summed E-state index contributed by atoms with van der Waals surface area (Å²) in [4.78, 5) is 0. The van der Waals surface area contributed by atoms with E-state index in [2.05, 4.69) is 6.07 Å². The molecule has 0 aromatic heterocycles. The van der Waals surface area contributed by atoms with Crippen molar-refractivity contribution in [2.24, 2.45) is 5.92 Å². The van der Waals surface area contributed by atoms with Crippen molar-refractivity contribution in [1.29, 1.82) is 0 Å². The first-order valence-electron chi connectivity index (χ1n) is 5.95. The summed E-state index contributed by atoms with van der Waals surface area (Å²) in [6.07, 6.45) is 3.17. The highest BCUT2D eigenvalue weighted by Gasteiger charge is 2.26. The molecule has 0 bridgehead atoms. The van der Waals surface area contributed by atoms with E-state index < -0.39 is 0 Å². The molecule has 0 heterocycles. The summed E-state index contributed by atoms with van der Waals surface area (Å²) in [7, 11) is 1.68. The lowest BCUT2D eigenvalue weighted by Crippen LogP contribution is -2.02. The Hall–Kier alpha value is -1.02. The van der Waals surface area contributed by atoms with Gasteiger partial charge in [-0.25, -0.2) is 0 Å². The van der Waals surface area contributed by atoms with Crippen LogP contribution in [0.25, 0.3) is 0 Å². The van der Waals surface area contributed by atoms with Crippen LogP contribution in [0, 0.1) is 19.8 Å². The number of hydrogen-bond donors (Lipinski definition) is 1. The molecule has 0 saturated heterocycles. The monoisotopic (exact) mass is 220 g/mol. The molecule has 0 amide bonds. The smallest absolute Gasteiger partial charge is 0.122 e. The summed E-state index contributed by atoms with van der Waals surface area (Å²) in [6.45, 7) is 4.05. The standard InChI is InChI=1S/C14H20O2/c1-9-7-14(16-3)10(2)6-12(9)13(15)8-11-4-5-11/h6-7,11,13,15H,4-5,8H2,1-3H3. The molecule has 1 saturated carbocycles. The van der Waals surface area contributed by atoms with Gasteiger partial charge in [0.15, 0.2) is 0 Å². The number of aryl methyl sites for hydroxylation is 2. The minimum atomic E-state index is -0.308. The van der Waals surface area contributed by atoms with Gasteiger partial charge in [-0.05, 0) is 55.0 Å². The number of hydrogen-bond acceptors (Lipinski definition) is 2. The van der Waals surface area contributed by atoms with Crippen molar-refractivity contribution in [3.63, 3.8) is 0 Å². The molecular formula is C14H20O2. The molecular weight excluding hydrogens is 200 g/mol. The molecule has 2 nitrogen and oxygen atoms in total. The van der Waals surface area contributed by atoms with Gasteiger partial charge in [-0.1, -0.05) is 12.8 Å². The molecule has 1 aromatic carbocycles. The predicted octanol–water partition coefficient (Wildman–Crippen LogP) is 3.15. The van der Waals surface area contributed by atoms with Crippen LogP contribution in [-0.2, 0) is 0 Å². The molecule has 16 heavy (non-hydrogen) atoms. The van der Waals surface area contributed by atoms with Gasteiger partial charge in [0.25, 0.3) is 0 Å². The van der Waals surface area contributed by atoms with E-state index in [9.17, 15) is 5.11 Å². The van der Waals surface area contributed by atoms with Gasteiger partial charge in [-0.2, -0.15) is 0 Å². The van der Waals surface area contributed by atoms with Crippen molar-refractivity contribution in [2.75, 3.05) is 7.11 Å². The first-order valence-corrected chi connectivity index (χ1v) is 5.95. The second kappa shape index (κ2) is 4.46. The number of aliphatic hydroxyl groups is 1. The molecule has 1 N–H and O–H groups in total. The Bertz CT molecular complexity index is 381. The van der Waals surface area contributed by atoms with Crippen molar-refractivity contribution in [3.8, 4) is 5.75 Å². The van der Waals surface area contributed by atoms with Crippen LogP contribution in [0.3, 0.4) is 0 Å². The Morgan fingerprint density at radius 3 is 2.56 bits per heavy atom. The molecule has 0 spiro atoms. The minimum absolute atomic E-state index is 0.308. The second-order valence-corrected chi connectivity index (χ2v) is 4.87. The molecule has 1 unspecified atom stereocenters. The number of rotatable bonds is 4. The number of aliphatic hydroxyl groups excluding tert-OH is 1. The average Bonchev–Trinajstić information content (AvgIpc) is 3.04. The molecule has 88 valence electrons. The summed E-state index contributed by atoms with van der Waals surface area (Å²) in [5, 5.41) is 10.2. The number of ether oxygens (including phenoxy) is 1. The Kier molecular flexibility index (Phi) is 3.20. The maximum Gasteiger partial charge on any atom is 0.122 e. The quantitative estimate of drug-likeness (QED) is 0.844. The highest BCUT2D eigenvalue weighted by atomic mass is 16.5. The van der Waals surface area contributed by atoms with E-state index in [1.807, 2.05) is 19.9 Å². The van der Waals surface area contributed by atoms with E-state index in [-0.39, 0.29) is 6.10 Å². The molecule has 1 aliphatic carbocycles. The topological polar surface area (TPSA) is 29.5 Å². The molecule has 1 aliphatic rings. The zero-order chi connectivity index (χ0) is 11.7. The first kappa shape index (κ1) is 11.5. The fraction of sp³-hybridized carbons (Fsp3) is 0.571. The van der Waals surface area contributed by atoms with Crippen LogP contribution >= 0.6 is 0 Å². The zero-order valence-corrected chi connectivity index (χ0v) is 10.3. The second-order valence-electron chi connectivity index (χ2n) is 4.87. The lowest BCUT2D eigenvalue weighted by atomic mass is 9.97. The molecule has 1 aromatic rings. The summed E-state index contributed by atoms with van der Waals surface area (Å²) in [5.74, 6) is 1.65. The highest BCUT2D eigenvalue weighted by molar-refractivity contribution is 5.42. The number of benzene rings is 1. The largest absolute Gasteiger partial charge is 0.496 e. The average molecular weight is 220 g/mol. The summed E-state index contributed by atoms with van der Waals surface area (Å²) < 4.78 is 5.27. The van der Waals surface area contributed by atoms with Crippen molar-refractivity contribution in [3.05, 3.63) is 28.8 Å². The third kappa shape index (κ3) is 2.38. The van der Waals surface area contributed by atoms with Crippen molar-refractivity contribution in [2.45, 2.75) is 39.2 Å². The first-order chi connectivity index (χ1) is 7.61. The van der Waals surface area contributed by atoms with Crippen LogP contribution in [0.1, 0.15) is 42.1 Å². The fourth-order valence-corrected chi connectivity index (χ4v) is 2.19. The van der Waals surface area contributed by atoms with Crippen molar-refractivity contribution in [1.82, 2.24) is 0 Å². The van der Waals surface area contributed by atoms with E-state index in [1.165, 1.54) is 12.8 Å². The molecule has 0 aliphatic heterocycles. The van der Waals surface area contributed by atoms with Gasteiger partial charge in [-0.3, -0.25) is 0 Å². The van der Waals surface area contributed by atoms with Crippen molar-refractivity contribution < 1.29 is 9.84 Å². The maximum atomic E-state index is 10.2. The van der Waals surface area contributed by atoms with Gasteiger partial charge < -0.3 is 9.84 Å². The van der Waals surface area contributed by atoms with Gasteiger partial charge in [-0.15, -0.1) is 0 Å². The van der Waals surface area contributed by atoms with E-state index in [0.717, 1.165) is 34.8 Å². The highest BCUT2D eigenvalue weighted by Crippen LogP contribution is 2.39. The van der Waals surface area contributed by atoms with Crippen LogP contribution in [0.2, 0.25) is 0 Å². The normalized spacial score (nSPS) is 17.2.